The highest BCUT2D eigenvalue weighted by atomic mass is 16.2. The fraction of sp³-hybridized carbons (Fsp3) is 0.290. The highest BCUT2D eigenvalue weighted by Gasteiger charge is 2.45. The molecule has 4 aromatic rings. The molecular weight excluding hydrogens is 446 g/mol. The van der Waals surface area contributed by atoms with E-state index in [0.717, 1.165) is 57.3 Å². The quantitative estimate of drug-likeness (QED) is 0.337. The Balaban J connectivity index is 1.68. The van der Waals surface area contributed by atoms with Gasteiger partial charge in [-0.15, -0.1) is 0 Å². The van der Waals surface area contributed by atoms with Gasteiger partial charge in [-0.1, -0.05) is 68.4 Å². The van der Waals surface area contributed by atoms with Gasteiger partial charge in [0.05, 0.1) is 17.8 Å². The summed E-state index contributed by atoms with van der Waals surface area (Å²) in [6, 6.07) is 24.1. The molecule has 0 N–H and O–H groups in total. The van der Waals surface area contributed by atoms with Crippen molar-refractivity contribution in [2.75, 3.05) is 13.1 Å². The number of para-hydroxylation sites is 1. The lowest BCUT2D eigenvalue weighted by molar-refractivity contribution is 0.0726. The molecule has 0 bridgehead atoms. The van der Waals surface area contributed by atoms with Crippen molar-refractivity contribution in [2.45, 2.75) is 38.8 Å². The number of fused-ring (bicyclic) bond motifs is 3. The summed E-state index contributed by atoms with van der Waals surface area (Å²) in [5.41, 5.74) is 7.00. The summed E-state index contributed by atoms with van der Waals surface area (Å²) in [4.78, 5) is 31.3. The maximum Gasteiger partial charge on any atom is 0.255 e. The lowest BCUT2D eigenvalue weighted by Crippen LogP contribution is -2.33. The first-order chi connectivity index (χ1) is 17.6. The molecule has 182 valence electrons. The maximum atomic E-state index is 13.6. The SMILES string of the molecule is CCCN1C(=O)c2ccccc2[C@@H]1c1c([C@@H]2c3ccccc3C(=O)N2CCC)c2ccccc2n1C. The lowest BCUT2D eigenvalue weighted by Gasteiger charge is -2.31. The van der Waals surface area contributed by atoms with E-state index in [2.05, 4.69) is 61.9 Å². The van der Waals surface area contributed by atoms with Gasteiger partial charge in [-0.25, -0.2) is 0 Å². The van der Waals surface area contributed by atoms with Crippen LogP contribution < -0.4 is 0 Å². The smallest absolute Gasteiger partial charge is 0.255 e. The van der Waals surface area contributed by atoms with Gasteiger partial charge in [0, 0.05) is 47.7 Å². The van der Waals surface area contributed by atoms with Gasteiger partial charge in [0.2, 0.25) is 0 Å². The molecule has 5 nitrogen and oxygen atoms in total. The average Bonchev–Trinajstić information content (AvgIpc) is 3.45. The van der Waals surface area contributed by atoms with Gasteiger partial charge >= 0.3 is 0 Å². The van der Waals surface area contributed by atoms with Crippen LogP contribution in [-0.4, -0.2) is 39.3 Å². The first kappa shape index (κ1) is 22.6. The molecule has 0 aliphatic carbocycles. The van der Waals surface area contributed by atoms with Crippen LogP contribution in [0.15, 0.2) is 72.8 Å². The van der Waals surface area contributed by atoms with Crippen molar-refractivity contribution in [2.24, 2.45) is 7.05 Å². The largest absolute Gasteiger partial charge is 0.345 e. The van der Waals surface area contributed by atoms with E-state index < -0.39 is 0 Å². The van der Waals surface area contributed by atoms with Crippen molar-refractivity contribution in [1.29, 1.82) is 0 Å². The third-order valence-electron chi connectivity index (χ3n) is 7.77. The van der Waals surface area contributed by atoms with Gasteiger partial charge in [-0.3, -0.25) is 9.59 Å². The molecule has 0 unspecified atom stereocenters. The van der Waals surface area contributed by atoms with Crippen molar-refractivity contribution >= 4 is 22.7 Å². The number of hydrogen-bond donors (Lipinski definition) is 0. The highest BCUT2D eigenvalue weighted by Crippen LogP contribution is 2.49. The van der Waals surface area contributed by atoms with Crippen molar-refractivity contribution in [3.63, 3.8) is 0 Å². The van der Waals surface area contributed by atoms with E-state index in [9.17, 15) is 9.59 Å². The van der Waals surface area contributed by atoms with E-state index in [1.807, 2.05) is 46.2 Å². The van der Waals surface area contributed by atoms with Crippen LogP contribution in [0.3, 0.4) is 0 Å². The molecule has 0 saturated carbocycles. The average molecular weight is 478 g/mol. The molecule has 3 heterocycles. The van der Waals surface area contributed by atoms with Gasteiger partial charge in [-0.2, -0.15) is 0 Å². The van der Waals surface area contributed by atoms with Crippen molar-refractivity contribution in [1.82, 2.24) is 14.4 Å². The van der Waals surface area contributed by atoms with Gasteiger partial charge < -0.3 is 14.4 Å². The second kappa shape index (κ2) is 8.66. The molecule has 0 spiro atoms. The minimum atomic E-state index is -0.201. The standard InChI is InChI=1S/C31H31N3O2/c1-4-18-33-27(20-12-6-8-14-22(20)30(33)35)26-24-16-10-11-17-25(24)32(3)29(26)28-21-13-7-9-15-23(21)31(36)34(28)19-5-2/h6-17,27-28H,4-5,18-19H2,1-3H3/t27-,28+/m0/s1. The van der Waals surface area contributed by atoms with E-state index in [1.54, 1.807) is 0 Å². The van der Waals surface area contributed by atoms with Crippen LogP contribution in [-0.2, 0) is 7.05 Å². The first-order valence-corrected chi connectivity index (χ1v) is 12.9. The number of amides is 2. The lowest BCUT2D eigenvalue weighted by atomic mass is 9.91. The Hall–Kier alpha value is -3.86. The number of carbonyl (C=O) groups is 2. The summed E-state index contributed by atoms with van der Waals surface area (Å²) in [5, 5.41) is 1.14. The van der Waals surface area contributed by atoms with Gasteiger partial charge in [0.1, 0.15) is 0 Å². The van der Waals surface area contributed by atoms with Crippen LogP contribution in [0.2, 0.25) is 0 Å². The maximum absolute atomic E-state index is 13.6. The Bertz CT molecular complexity index is 1500. The molecule has 2 aliphatic rings. The Labute approximate surface area is 211 Å². The predicted octanol–water partition coefficient (Wildman–Crippen LogP) is 6.09. The predicted molar refractivity (Wildman–Crippen MR) is 142 cm³/mol. The molecule has 0 radical (unpaired) electrons. The van der Waals surface area contributed by atoms with Crippen LogP contribution in [0.25, 0.3) is 10.9 Å². The first-order valence-electron chi connectivity index (χ1n) is 12.9. The zero-order chi connectivity index (χ0) is 25.0. The molecule has 36 heavy (non-hydrogen) atoms. The number of rotatable bonds is 6. The van der Waals surface area contributed by atoms with E-state index in [4.69, 9.17) is 0 Å². The summed E-state index contributed by atoms with van der Waals surface area (Å²) in [7, 11) is 2.10. The van der Waals surface area contributed by atoms with Gasteiger partial charge in [0.25, 0.3) is 11.8 Å². The van der Waals surface area contributed by atoms with E-state index in [-0.39, 0.29) is 23.9 Å². The number of benzene rings is 3. The monoisotopic (exact) mass is 477 g/mol. The van der Waals surface area contributed by atoms with Gasteiger partial charge in [-0.05, 0) is 42.2 Å². The number of nitrogens with zero attached hydrogens (tertiary/aromatic N) is 3. The molecule has 6 rings (SSSR count). The molecule has 1 aromatic heterocycles. The Morgan fingerprint density at radius 1 is 0.667 bits per heavy atom. The topological polar surface area (TPSA) is 45.6 Å². The van der Waals surface area contributed by atoms with Crippen molar-refractivity contribution in [3.8, 4) is 0 Å². The Morgan fingerprint density at radius 3 is 1.78 bits per heavy atom. The number of carbonyl (C=O) groups excluding carboxylic acids is 2. The van der Waals surface area contributed by atoms with Crippen LogP contribution in [0.1, 0.15) is 81.9 Å². The van der Waals surface area contributed by atoms with Crippen LogP contribution in [0.4, 0.5) is 0 Å². The molecule has 3 aromatic carbocycles. The number of aromatic nitrogens is 1. The highest BCUT2D eigenvalue weighted by molar-refractivity contribution is 6.02. The third kappa shape index (κ3) is 3.08. The summed E-state index contributed by atoms with van der Waals surface area (Å²) in [5.74, 6) is 0.173. The summed E-state index contributed by atoms with van der Waals surface area (Å²) >= 11 is 0. The minimum absolute atomic E-state index is 0.0852. The normalized spacial score (nSPS) is 18.9. The molecule has 5 heteroatoms. The molecular formula is C31H31N3O2. The molecule has 2 atom stereocenters. The fourth-order valence-electron chi connectivity index (χ4n) is 6.35. The van der Waals surface area contributed by atoms with Crippen molar-refractivity contribution < 1.29 is 9.59 Å². The van der Waals surface area contributed by atoms with Crippen LogP contribution in [0, 0.1) is 0 Å². The second-order valence-electron chi connectivity index (χ2n) is 9.85. The van der Waals surface area contributed by atoms with E-state index >= 15 is 0 Å². The van der Waals surface area contributed by atoms with E-state index in [1.165, 1.54) is 0 Å². The molecule has 2 aliphatic heterocycles. The third-order valence-corrected chi connectivity index (χ3v) is 7.77. The summed E-state index contributed by atoms with van der Waals surface area (Å²) < 4.78 is 2.25. The summed E-state index contributed by atoms with van der Waals surface area (Å²) in [6.45, 7) is 5.59. The number of aryl methyl sites for hydroxylation is 1. The zero-order valence-corrected chi connectivity index (χ0v) is 21.1. The molecule has 0 saturated heterocycles. The van der Waals surface area contributed by atoms with Crippen LogP contribution in [0.5, 0.6) is 0 Å². The number of hydrogen-bond acceptors (Lipinski definition) is 2. The Kier molecular flexibility index (Phi) is 5.44. The van der Waals surface area contributed by atoms with Crippen LogP contribution >= 0.6 is 0 Å². The summed E-state index contributed by atoms with van der Waals surface area (Å²) in [6.07, 6.45) is 1.76. The second-order valence-corrected chi connectivity index (χ2v) is 9.85. The molecule has 2 amide bonds. The van der Waals surface area contributed by atoms with Crippen molar-refractivity contribution in [3.05, 3.63) is 106 Å². The zero-order valence-electron chi connectivity index (χ0n) is 21.1. The minimum Gasteiger partial charge on any atom is -0.345 e. The fourth-order valence-corrected chi connectivity index (χ4v) is 6.35. The van der Waals surface area contributed by atoms with E-state index in [0.29, 0.717) is 13.1 Å². The van der Waals surface area contributed by atoms with Gasteiger partial charge in [0.15, 0.2) is 0 Å². The molecule has 0 fully saturated rings. The Morgan fingerprint density at radius 2 is 1.17 bits per heavy atom.